The number of allylic oxidation sites excluding steroid dienone is 6. The van der Waals surface area contributed by atoms with E-state index in [1.54, 1.807) is 26.5 Å². The molecular formula is C65H93N11O11S2+2. The van der Waals surface area contributed by atoms with Crippen molar-refractivity contribution < 1.29 is 62.5 Å². The summed E-state index contributed by atoms with van der Waals surface area (Å²) >= 11 is 7.43. The molecule has 0 spiro atoms. The number of anilines is 1. The van der Waals surface area contributed by atoms with Crippen LogP contribution in [0.2, 0.25) is 0 Å². The second-order valence-electron chi connectivity index (χ2n) is 24.6. The first-order chi connectivity index (χ1) is 42.5. The molecule has 7 rings (SSSR count). The monoisotopic (exact) mass is 1270 g/mol. The fourth-order valence-electron chi connectivity index (χ4n) is 11.2. The number of fused-ring (bicyclic) bond motifs is 2. The number of nitrogens with zero attached hydrogens (tertiary/aromatic N) is 9. The van der Waals surface area contributed by atoms with Crippen LogP contribution in [0.4, 0.5) is 11.5 Å². The molecule has 0 amide bonds. The van der Waals surface area contributed by atoms with Crippen molar-refractivity contribution in [2.75, 3.05) is 177 Å². The van der Waals surface area contributed by atoms with Crippen LogP contribution >= 0.6 is 24.0 Å². The van der Waals surface area contributed by atoms with Gasteiger partial charge in [0.1, 0.15) is 24.7 Å². The number of ether oxygens (including phenoxy) is 4. The number of hydrogen-bond donors (Lipinski definition) is 5. The lowest BCUT2D eigenvalue weighted by Crippen LogP contribution is -2.49. The number of carbonyl (C=O) groups is 4. The molecule has 1 aromatic heterocycles. The number of aliphatic carboxylic acids is 3. The van der Waals surface area contributed by atoms with Crippen LogP contribution in [0.3, 0.4) is 0 Å². The van der Waals surface area contributed by atoms with Gasteiger partial charge >= 0.3 is 23.7 Å². The summed E-state index contributed by atoms with van der Waals surface area (Å²) in [7, 11) is 8.69. The smallest absolute Gasteiger partial charge is 0.327 e. The molecule has 0 atom stereocenters. The third-order valence-electron chi connectivity index (χ3n) is 16.2. The van der Waals surface area contributed by atoms with Gasteiger partial charge in [-0.3, -0.25) is 38.8 Å². The molecule has 1 fully saturated rings. The van der Waals surface area contributed by atoms with Gasteiger partial charge in [0.2, 0.25) is 0 Å². The van der Waals surface area contributed by atoms with Gasteiger partial charge in [0, 0.05) is 123 Å². The van der Waals surface area contributed by atoms with E-state index < -0.39 is 17.9 Å². The van der Waals surface area contributed by atoms with Gasteiger partial charge in [0.15, 0.2) is 10.8 Å². The number of aliphatic imine (C=N–C) groups is 2. The van der Waals surface area contributed by atoms with Crippen LogP contribution in [0.1, 0.15) is 46.1 Å². The molecule has 89 heavy (non-hydrogen) atoms. The Morgan fingerprint density at radius 3 is 1.82 bits per heavy atom. The topological polar surface area (TPSA) is 235 Å². The maximum Gasteiger partial charge on any atom is 0.327 e. The zero-order valence-electron chi connectivity index (χ0n) is 53.2. The molecule has 5 aliphatic rings. The quantitative estimate of drug-likeness (QED) is 0.0286. The number of likely N-dealkylation sites (N-methyl/N-ethyl adjacent to an activating group) is 2. The Bertz CT molecular complexity index is 3050. The van der Waals surface area contributed by atoms with E-state index in [9.17, 15) is 34.5 Å². The molecule has 24 heteroatoms. The van der Waals surface area contributed by atoms with Crippen LogP contribution in [0, 0.1) is 5.41 Å². The fourth-order valence-corrected chi connectivity index (χ4v) is 12.4. The molecule has 5 aliphatic heterocycles. The van der Waals surface area contributed by atoms with Gasteiger partial charge in [-0.15, -0.1) is 0 Å². The van der Waals surface area contributed by atoms with Crippen LogP contribution < -0.4 is 15.2 Å². The number of carboxylic acid groups (broad SMARTS) is 3. The van der Waals surface area contributed by atoms with Crippen molar-refractivity contribution in [2.45, 2.75) is 50.8 Å². The second-order valence-corrected chi connectivity index (χ2v) is 26.1. The predicted molar refractivity (Wildman–Crippen MR) is 351 cm³/mol. The Balaban J connectivity index is 0.789. The number of pyridine rings is 1. The highest BCUT2D eigenvalue weighted by molar-refractivity contribution is 8.03. The lowest BCUT2D eigenvalue weighted by Gasteiger charge is -2.37. The first-order valence-corrected chi connectivity index (χ1v) is 31.8. The number of Topliss-reactive ketones (excluding diaryl/α,β-unsaturated/α-hetero) is 1. The third kappa shape index (κ3) is 21.7. The van der Waals surface area contributed by atoms with Crippen molar-refractivity contribution in [1.82, 2.24) is 29.8 Å². The van der Waals surface area contributed by atoms with Crippen molar-refractivity contribution in [3.63, 3.8) is 0 Å². The molecule has 1 saturated heterocycles. The number of rotatable bonds is 30. The summed E-state index contributed by atoms with van der Waals surface area (Å²) in [6, 6.07) is 12.7. The molecule has 0 bridgehead atoms. The van der Waals surface area contributed by atoms with Crippen LogP contribution in [0.5, 0.6) is 0 Å². The van der Waals surface area contributed by atoms with E-state index in [1.165, 1.54) is 27.2 Å². The summed E-state index contributed by atoms with van der Waals surface area (Å²) in [6.07, 6.45) is 18.2. The number of ketones is 1. The number of aromatic nitrogens is 1. The summed E-state index contributed by atoms with van der Waals surface area (Å²) in [5.41, 5.74) is 7.43. The van der Waals surface area contributed by atoms with Crippen LogP contribution in [-0.4, -0.2) is 257 Å². The van der Waals surface area contributed by atoms with E-state index >= 15 is 0 Å². The number of carboxylic acids is 3. The SMILES string of the molecule is CN1C=CC=C2C1=NC(=CC=C1C[N+](C)(C)CC(C=CC3=Nc4c(ccc[n+]4C)C3(C)C)=C1Sc1ccc(NC(=S)NCCOCCOCCOCCOCCCC(=O)CN3CCN(CC(=O)O)CCN(CC(=O)O)CCN(CC(=O)O)CC3)cc1)C2(C)C. The van der Waals surface area contributed by atoms with Crippen molar-refractivity contribution in [1.29, 1.82) is 0 Å². The van der Waals surface area contributed by atoms with Crippen LogP contribution in [0.15, 0.2) is 127 Å². The molecule has 2 aromatic rings. The third-order valence-corrected chi connectivity index (χ3v) is 17.7. The van der Waals surface area contributed by atoms with Gasteiger partial charge in [-0.1, -0.05) is 37.8 Å². The Kier molecular flexibility index (Phi) is 26.6. The highest BCUT2D eigenvalue weighted by Gasteiger charge is 2.42. The molecule has 0 aliphatic carbocycles. The van der Waals surface area contributed by atoms with Crippen molar-refractivity contribution >= 4 is 75.8 Å². The number of carbonyl (C=O) groups excluding carboxylic acids is 1. The Hall–Kier alpha value is -6.29. The Morgan fingerprint density at radius 1 is 0.719 bits per heavy atom. The number of quaternary nitrogens is 1. The highest BCUT2D eigenvalue weighted by Crippen LogP contribution is 2.45. The largest absolute Gasteiger partial charge is 0.480 e. The maximum absolute atomic E-state index is 13.0. The number of thioether (sulfide) groups is 1. The van der Waals surface area contributed by atoms with Gasteiger partial charge in [-0.2, -0.15) is 0 Å². The average molecular weight is 1270 g/mol. The van der Waals surface area contributed by atoms with Gasteiger partial charge in [0.05, 0.1) is 116 Å². The molecule has 0 unspecified atom stereocenters. The summed E-state index contributed by atoms with van der Waals surface area (Å²) in [5, 5.41) is 35.4. The lowest BCUT2D eigenvalue weighted by atomic mass is 9.81. The summed E-state index contributed by atoms with van der Waals surface area (Å²) in [6.45, 7) is 16.6. The van der Waals surface area contributed by atoms with Gasteiger partial charge in [-0.25, -0.2) is 9.56 Å². The van der Waals surface area contributed by atoms with E-state index in [-0.39, 0.29) is 42.8 Å². The van der Waals surface area contributed by atoms with E-state index in [0.29, 0.717) is 130 Å². The van der Waals surface area contributed by atoms with Gasteiger partial charge < -0.3 is 54.3 Å². The Labute approximate surface area is 534 Å². The van der Waals surface area contributed by atoms with Crippen LogP contribution in [-0.2, 0) is 50.6 Å². The van der Waals surface area contributed by atoms with Crippen LogP contribution in [0.25, 0.3) is 0 Å². The number of hydrogen-bond acceptors (Lipinski definition) is 17. The van der Waals surface area contributed by atoms with Crippen molar-refractivity contribution in [2.24, 2.45) is 22.4 Å². The molecule has 0 saturated carbocycles. The van der Waals surface area contributed by atoms with E-state index in [0.717, 1.165) is 51.2 Å². The first-order valence-electron chi connectivity index (χ1n) is 30.6. The maximum atomic E-state index is 13.0. The van der Waals surface area contributed by atoms with E-state index in [2.05, 4.69) is 161 Å². The average Bonchev–Trinajstić information content (AvgIpc) is 1.70. The standard InChI is InChI=1S/C65H91N11O11S2/c1-64(2)53-13-9-24-70(5)61(53)68-55(64)21-15-48-46-76(7,8)47-49(16-22-56-65(3,4)54-14-10-25-71(6)62(54)69-56)60(48)89-52-19-17-50(18-20-52)67-63(88)66-23-35-85-37-39-87-41-40-86-38-36-84-34-11-12-51(77)42-72-26-28-73(43-57(78)79)30-32-75(45-59(82)83)33-31-74(29-27-72)44-58(80)81/h9-10,13-22,24-25H,11-12,23,26-47H2,1-8H3,(H3-2,66,67,78,79,80,81,82,83,88)/p+2. The lowest BCUT2D eigenvalue weighted by molar-refractivity contribution is -0.881. The molecule has 6 heterocycles. The number of aryl methyl sites for hydroxylation is 1. The number of thiocarbonyl (C=S) groups is 1. The zero-order valence-corrected chi connectivity index (χ0v) is 54.8. The highest BCUT2D eigenvalue weighted by atomic mass is 32.2. The van der Waals surface area contributed by atoms with E-state index in [4.69, 9.17) is 41.2 Å². The minimum absolute atomic E-state index is 0.00121. The number of amidine groups is 1. The Morgan fingerprint density at radius 2 is 1.27 bits per heavy atom. The number of benzene rings is 1. The molecule has 22 nitrogen and oxygen atoms in total. The molecule has 5 N–H and O–H groups in total. The van der Waals surface area contributed by atoms with Gasteiger partial charge in [0.25, 0.3) is 0 Å². The molecule has 484 valence electrons. The molecular weight excluding hydrogens is 1170 g/mol. The van der Waals surface area contributed by atoms with E-state index in [1.807, 2.05) is 4.90 Å². The molecule has 0 radical (unpaired) electrons. The van der Waals surface area contributed by atoms with Crippen molar-refractivity contribution in [3.05, 3.63) is 118 Å². The van der Waals surface area contributed by atoms with Gasteiger partial charge in [-0.05, 0) is 98.2 Å². The molecule has 1 aromatic carbocycles. The normalized spacial score (nSPS) is 20.0. The summed E-state index contributed by atoms with van der Waals surface area (Å²) in [5.74, 6) is -1.02. The van der Waals surface area contributed by atoms with Crippen molar-refractivity contribution in [3.8, 4) is 0 Å². The summed E-state index contributed by atoms with van der Waals surface area (Å²) in [4.78, 5) is 69.5. The predicted octanol–water partition coefficient (Wildman–Crippen LogP) is 5.38. The summed E-state index contributed by atoms with van der Waals surface area (Å²) < 4.78 is 25.7. The second kappa shape index (κ2) is 33.7. The first kappa shape index (κ1) is 70.2. The fraction of sp³-hybridized carbons (Fsp3) is 0.538. The zero-order chi connectivity index (χ0) is 64.1. The number of nitrogens with one attached hydrogen (secondary N) is 2. The minimum atomic E-state index is -1.01. The minimum Gasteiger partial charge on any atom is -0.480 e.